The highest BCUT2D eigenvalue weighted by molar-refractivity contribution is 7.86. The van der Waals surface area contributed by atoms with Gasteiger partial charge in [0.1, 0.15) is 11.5 Å². The van der Waals surface area contributed by atoms with Crippen molar-refractivity contribution in [2.24, 2.45) is 0 Å². The Labute approximate surface area is 222 Å². The Morgan fingerprint density at radius 1 is 1.05 bits per heavy atom. The number of hydrogen-bond acceptors (Lipinski definition) is 5. The zero-order valence-electron chi connectivity index (χ0n) is 21.3. The van der Waals surface area contributed by atoms with Crippen molar-refractivity contribution in [3.05, 3.63) is 88.7 Å². The summed E-state index contributed by atoms with van der Waals surface area (Å²) in [6, 6.07) is 16.6. The lowest BCUT2D eigenvalue weighted by atomic mass is 9.89. The minimum absolute atomic E-state index is 0.0263. The number of carbonyl (C=O) groups excluding carboxylic acids is 1. The number of benzene rings is 3. The molecule has 3 heterocycles. The number of rotatable bonds is 2. The van der Waals surface area contributed by atoms with Gasteiger partial charge in [-0.15, -0.1) is 0 Å². The van der Waals surface area contributed by atoms with Crippen LogP contribution in [0.25, 0.3) is 0 Å². The van der Waals surface area contributed by atoms with Crippen molar-refractivity contribution in [2.75, 3.05) is 33.8 Å². The van der Waals surface area contributed by atoms with E-state index in [0.717, 1.165) is 16.7 Å². The Hall–Kier alpha value is -3.47. The van der Waals surface area contributed by atoms with Crippen LogP contribution >= 0.6 is 0 Å². The Bertz CT molecular complexity index is 1460. The largest absolute Gasteiger partial charge is 0.494 e. The zero-order valence-corrected chi connectivity index (χ0v) is 22.1. The van der Waals surface area contributed by atoms with Crippen molar-refractivity contribution < 1.29 is 27.1 Å². The Balaban J connectivity index is 1.60. The van der Waals surface area contributed by atoms with E-state index >= 15 is 0 Å². The molecule has 1 atom stereocenters. The first kappa shape index (κ1) is 26.1. The van der Waals surface area contributed by atoms with Crippen molar-refractivity contribution in [3.8, 4) is 17.2 Å². The molecule has 3 aliphatic rings. The van der Waals surface area contributed by atoms with Crippen LogP contribution in [0.1, 0.15) is 34.7 Å². The second-order valence-corrected chi connectivity index (χ2v) is 11.7. The standard InChI is InChI=1S/C28H30FN3O5S/c1-31(2)38(34,35)32-13-11-20-17-23-8-9-24(20)28(32)21-5-3-6-22(18-21)36-14-4-12-30-27(33)16-19-7-10-25(29)26(15-19)37-23/h3,5-10,15,17-18,28H,4,11-14,16H2,1-2H3,(H,30,33). The molecule has 8 nitrogen and oxygen atoms in total. The van der Waals surface area contributed by atoms with E-state index < -0.39 is 22.1 Å². The molecule has 0 aliphatic carbocycles. The van der Waals surface area contributed by atoms with Gasteiger partial charge >= 0.3 is 0 Å². The first-order valence-corrected chi connectivity index (χ1v) is 13.9. The van der Waals surface area contributed by atoms with Gasteiger partial charge in [-0.3, -0.25) is 4.79 Å². The van der Waals surface area contributed by atoms with Gasteiger partial charge in [0.2, 0.25) is 5.91 Å². The molecule has 38 heavy (non-hydrogen) atoms. The number of nitrogens with zero attached hydrogens (tertiary/aromatic N) is 2. The first-order valence-electron chi connectivity index (χ1n) is 12.5. The highest BCUT2D eigenvalue weighted by Gasteiger charge is 2.38. The highest BCUT2D eigenvalue weighted by Crippen LogP contribution is 2.40. The molecule has 0 radical (unpaired) electrons. The van der Waals surface area contributed by atoms with E-state index in [2.05, 4.69) is 5.32 Å². The van der Waals surface area contributed by atoms with Crippen LogP contribution in [0.3, 0.4) is 0 Å². The van der Waals surface area contributed by atoms with Crippen LogP contribution in [0.4, 0.5) is 4.39 Å². The Kier molecular flexibility index (Phi) is 7.38. The van der Waals surface area contributed by atoms with Gasteiger partial charge in [-0.05, 0) is 71.5 Å². The fourth-order valence-electron chi connectivity index (χ4n) is 4.82. The van der Waals surface area contributed by atoms with Crippen molar-refractivity contribution in [1.29, 1.82) is 0 Å². The smallest absolute Gasteiger partial charge is 0.282 e. The Morgan fingerprint density at radius 2 is 1.89 bits per heavy atom. The highest BCUT2D eigenvalue weighted by atomic mass is 32.2. The van der Waals surface area contributed by atoms with Gasteiger partial charge in [0, 0.05) is 27.2 Å². The van der Waals surface area contributed by atoms with Gasteiger partial charge in [0.25, 0.3) is 10.2 Å². The Morgan fingerprint density at radius 3 is 2.71 bits per heavy atom. The number of amides is 1. The summed E-state index contributed by atoms with van der Waals surface area (Å²) < 4.78 is 55.9. The maximum absolute atomic E-state index is 14.6. The first-order chi connectivity index (χ1) is 18.2. The second-order valence-electron chi connectivity index (χ2n) is 9.58. The van der Waals surface area contributed by atoms with Gasteiger partial charge in [0.15, 0.2) is 11.6 Å². The summed E-state index contributed by atoms with van der Waals surface area (Å²) in [6.45, 7) is 1.07. The van der Waals surface area contributed by atoms with Gasteiger partial charge in [-0.1, -0.05) is 24.3 Å². The van der Waals surface area contributed by atoms with Crippen molar-refractivity contribution >= 4 is 16.1 Å². The predicted molar refractivity (Wildman–Crippen MR) is 141 cm³/mol. The normalized spacial score (nSPS) is 18.5. The molecule has 3 aromatic rings. The average molecular weight is 540 g/mol. The van der Waals surface area contributed by atoms with Crippen LogP contribution in [0.15, 0.2) is 60.7 Å². The number of carbonyl (C=O) groups is 1. The third-order valence-corrected chi connectivity index (χ3v) is 8.64. The van der Waals surface area contributed by atoms with Gasteiger partial charge in [0.05, 0.1) is 19.1 Å². The number of ether oxygens (including phenoxy) is 2. The molecule has 8 bridgehead atoms. The molecule has 1 amide bonds. The third-order valence-electron chi connectivity index (χ3n) is 6.73. The van der Waals surface area contributed by atoms with Crippen LogP contribution in [0, 0.1) is 5.82 Å². The van der Waals surface area contributed by atoms with Crippen molar-refractivity contribution in [3.63, 3.8) is 0 Å². The number of fused-ring (bicyclic) bond motifs is 7. The minimum atomic E-state index is -3.74. The number of hydrogen-bond donors (Lipinski definition) is 1. The molecule has 3 aromatic carbocycles. The molecule has 1 unspecified atom stereocenters. The van der Waals surface area contributed by atoms with E-state index in [1.165, 1.54) is 34.8 Å². The topological polar surface area (TPSA) is 88.2 Å². The maximum Gasteiger partial charge on any atom is 0.282 e. The molecule has 0 spiro atoms. The molecule has 200 valence electrons. The molecule has 0 saturated carbocycles. The van der Waals surface area contributed by atoms with Crippen LogP contribution in [-0.4, -0.2) is 56.7 Å². The van der Waals surface area contributed by atoms with Gasteiger partial charge in [-0.2, -0.15) is 17.0 Å². The number of nitrogens with one attached hydrogen (secondary N) is 1. The van der Waals surface area contributed by atoms with Crippen LogP contribution in [-0.2, 0) is 27.8 Å². The minimum Gasteiger partial charge on any atom is -0.494 e. The summed E-state index contributed by atoms with van der Waals surface area (Å²) in [5, 5.41) is 2.86. The molecular weight excluding hydrogens is 509 g/mol. The summed E-state index contributed by atoms with van der Waals surface area (Å²) in [5.41, 5.74) is 3.14. The fourth-order valence-corrected chi connectivity index (χ4v) is 6.07. The molecule has 10 heteroatoms. The lowest BCUT2D eigenvalue weighted by Crippen LogP contribution is -2.46. The molecule has 3 aliphatic heterocycles. The lowest BCUT2D eigenvalue weighted by Gasteiger charge is -2.38. The quantitative estimate of drug-likeness (QED) is 0.535. The van der Waals surface area contributed by atoms with Crippen LogP contribution in [0.2, 0.25) is 0 Å². The average Bonchev–Trinajstić information content (AvgIpc) is 2.89. The van der Waals surface area contributed by atoms with Crippen LogP contribution in [0.5, 0.6) is 17.2 Å². The van der Waals surface area contributed by atoms with Gasteiger partial charge < -0.3 is 14.8 Å². The van der Waals surface area contributed by atoms with E-state index in [1.807, 2.05) is 36.4 Å². The van der Waals surface area contributed by atoms with Gasteiger partial charge in [-0.25, -0.2) is 4.39 Å². The third kappa shape index (κ3) is 5.38. The monoisotopic (exact) mass is 539 g/mol. The molecular formula is C28H30FN3O5S. The summed E-state index contributed by atoms with van der Waals surface area (Å²) in [5.74, 6) is 0.366. The summed E-state index contributed by atoms with van der Waals surface area (Å²) in [4.78, 5) is 12.4. The molecule has 0 fully saturated rings. The van der Waals surface area contributed by atoms with E-state index in [4.69, 9.17) is 9.47 Å². The predicted octanol–water partition coefficient (Wildman–Crippen LogP) is 3.81. The van der Waals surface area contributed by atoms with Crippen molar-refractivity contribution in [2.45, 2.75) is 25.3 Å². The summed E-state index contributed by atoms with van der Waals surface area (Å²) >= 11 is 0. The molecule has 6 rings (SSSR count). The molecule has 0 aromatic heterocycles. The lowest BCUT2D eigenvalue weighted by molar-refractivity contribution is -0.120. The SMILES string of the molecule is CN(C)S(=O)(=O)N1CCc2cc3ccc2C1c1cccc(c1)OCCCNC(=O)Cc1ccc(F)c(c1)O3. The van der Waals surface area contributed by atoms with E-state index in [-0.39, 0.29) is 24.6 Å². The maximum atomic E-state index is 14.6. The van der Waals surface area contributed by atoms with Crippen molar-refractivity contribution in [1.82, 2.24) is 13.9 Å². The van der Waals surface area contributed by atoms with Crippen LogP contribution < -0.4 is 14.8 Å². The molecule has 1 N–H and O–H groups in total. The van der Waals surface area contributed by atoms with E-state index in [1.54, 1.807) is 12.1 Å². The molecule has 0 saturated heterocycles. The van der Waals surface area contributed by atoms with E-state index in [9.17, 15) is 17.6 Å². The fraction of sp³-hybridized carbons (Fsp3) is 0.321. The zero-order chi connectivity index (χ0) is 26.9. The summed E-state index contributed by atoms with van der Waals surface area (Å²) in [6.07, 6.45) is 1.15. The summed E-state index contributed by atoms with van der Waals surface area (Å²) in [7, 11) is -0.699. The number of halogens is 1. The van der Waals surface area contributed by atoms with E-state index in [0.29, 0.717) is 43.1 Å². The second kappa shape index (κ2) is 10.7.